The van der Waals surface area contributed by atoms with E-state index >= 15 is 0 Å². The van der Waals surface area contributed by atoms with Gasteiger partial charge in [0.1, 0.15) is 5.82 Å². The van der Waals surface area contributed by atoms with Crippen molar-refractivity contribution in [1.82, 2.24) is 9.55 Å². The molecule has 0 saturated heterocycles. The van der Waals surface area contributed by atoms with Gasteiger partial charge >= 0.3 is 0 Å². The third-order valence-electron chi connectivity index (χ3n) is 4.80. The number of aromatic nitrogens is 2. The Morgan fingerprint density at radius 1 is 0.867 bits per heavy atom. The van der Waals surface area contributed by atoms with Crippen molar-refractivity contribution in [2.75, 3.05) is 19.0 Å². The molecule has 0 aliphatic rings. The lowest BCUT2D eigenvalue weighted by Crippen LogP contribution is -2.23. The van der Waals surface area contributed by atoms with Crippen LogP contribution in [0.15, 0.2) is 71.5 Å². The second-order valence-electron chi connectivity index (χ2n) is 7.02. The Kier molecular flexibility index (Phi) is 5.62. The summed E-state index contributed by atoms with van der Waals surface area (Å²) >= 11 is 12.8. The number of nitrogens with zero attached hydrogens (tertiary/aromatic N) is 3. The fourth-order valence-corrected chi connectivity index (χ4v) is 3.80. The summed E-state index contributed by atoms with van der Waals surface area (Å²) in [7, 11) is 3.99. The molecule has 0 spiro atoms. The lowest BCUT2D eigenvalue weighted by atomic mass is 10.1. The minimum atomic E-state index is -0.224. The van der Waals surface area contributed by atoms with Gasteiger partial charge in [-0.05, 0) is 48.0 Å². The van der Waals surface area contributed by atoms with Crippen molar-refractivity contribution in [3.05, 3.63) is 98.5 Å². The topological polar surface area (TPSA) is 38.1 Å². The molecule has 3 aromatic carbocycles. The number of anilines is 1. The second kappa shape index (κ2) is 8.34. The van der Waals surface area contributed by atoms with Gasteiger partial charge in [-0.3, -0.25) is 9.36 Å². The van der Waals surface area contributed by atoms with Gasteiger partial charge in [0.2, 0.25) is 0 Å². The molecule has 0 aliphatic heterocycles. The Labute approximate surface area is 184 Å². The van der Waals surface area contributed by atoms with Gasteiger partial charge in [-0.25, -0.2) is 4.98 Å². The number of benzene rings is 3. The third kappa shape index (κ3) is 3.84. The monoisotopic (exact) mass is 435 g/mol. The normalized spacial score (nSPS) is 11.3. The quantitative estimate of drug-likeness (QED) is 0.398. The van der Waals surface area contributed by atoms with E-state index in [4.69, 9.17) is 28.2 Å². The van der Waals surface area contributed by atoms with Crippen molar-refractivity contribution in [2.24, 2.45) is 0 Å². The predicted octanol–water partition coefficient (Wildman–Crippen LogP) is 5.93. The van der Waals surface area contributed by atoms with Crippen molar-refractivity contribution in [3.8, 4) is 5.69 Å². The number of hydrogen-bond acceptors (Lipinski definition) is 3. The van der Waals surface area contributed by atoms with Gasteiger partial charge < -0.3 is 4.90 Å². The summed E-state index contributed by atoms with van der Waals surface area (Å²) in [6.45, 7) is 0. The van der Waals surface area contributed by atoms with E-state index in [0.717, 1.165) is 11.3 Å². The summed E-state index contributed by atoms with van der Waals surface area (Å²) in [4.78, 5) is 20.1. The smallest absolute Gasteiger partial charge is 0.266 e. The highest BCUT2D eigenvalue weighted by atomic mass is 35.5. The maximum absolute atomic E-state index is 13.4. The molecule has 6 heteroatoms. The molecule has 0 saturated carbocycles. The van der Waals surface area contributed by atoms with E-state index < -0.39 is 0 Å². The summed E-state index contributed by atoms with van der Waals surface area (Å²) in [6, 6.07) is 20.5. The van der Waals surface area contributed by atoms with E-state index in [-0.39, 0.29) is 5.56 Å². The first-order chi connectivity index (χ1) is 14.5. The average molecular weight is 436 g/mol. The van der Waals surface area contributed by atoms with Crippen LogP contribution in [0.2, 0.25) is 10.0 Å². The van der Waals surface area contributed by atoms with Gasteiger partial charge in [0.15, 0.2) is 0 Å². The van der Waals surface area contributed by atoms with Gasteiger partial charge in [0.05, 0.1) is 26.6 Å². The summed E-state index contributed by atoms with van der Waals surface area (Å²) in [5, 5.41) is 1.26. The van der Waals surface area contributed by atoms with Crippen molar-refractivity contribution in [1.29, 1.82) is 0 Å². The van der Waals surface area contributed by atoms with Crippen molar-refractivity contribution < 1.29 is 0 Å². The van der Waals surface area contributed by atoms with E-state index in [1.54, 1.807) is 30.3 Å². The fourth-order valence-electron chi connectivity index (χ4n) is 3.23. The van der Waals surface area contributed by atoms with Gasteiger partial charge in [-0.2, -0.15) is 0 Å². The molecule has 1 heterocycles. The van der Waals surface area contributed by atoms with E-state index in [2.05, 4.69) is 0 Å². The Bertz CT molecular complexity index is 1290. The lowest BCUT2D eigenvalue weighted by Gasteiger charge is -2.14. The van der Waals surface area contributed by atoms with Crippen LogP contribution in [-0.4, -0.2) is 23.6 Å². The predicted molar refractivity (Wildman–Crippen MR) is 127 cm³/mol. The highest BCUT2D eigenvalue weighted by Crippen LogP contribution is 2.29. The van der Waals surface area contributed by atoms with Crippen LogP contribution in [0.25, 0.3) is 28.7 Å². The minimum Gasteiger partial charge on any atom is -0.378 e. The number of para-hydroxylation sites is 2. The van der Waals surface area contributed by atoms with E-state index in [1.807, 2.05) is 67.5 Å². The molecular formula is C24H19Cl2N3O. The molecular weight excluding hydrogens is 417 g/mol. The average Bonchev–Trinajstić information content (AvgIpc) is 2.74. The van der Waals surface area contributed by atoms with Crippen LogP contribution in [0.5, 0.6) is 0 Å². The van der Waals surface area contributed by atoms with Crippen molar-refractivity contribution >= 4 is 51.9 Å². The Morgan fingerprint density at radius 2 is 1.53 bits per heavy atom. The van der Waals surface area contributed by atoms with E-state index in [1.165, 1.54) is 4.57 Å². The summed E-state index contributed by atoms with van der Waals surface area (Å²) < 4.78 is 1.47. The Morgan fingerprint density at radius 3 is 2.20 bits per heavy atom. The number of rotatable bonds is 4. The largest absolute Gasteiger partial charge is 0.378 e. The molecule has 0 N–H and O–H groups in total. The molecule has 0 radical (unpaired) electrons. The summed E-state index contributed by atoms with van der Waals surface area (Å²) in [5.74, 6) is 0.449. The van der Waals surface area contributed by atoms with Gasteiger partial charge in [-0.15, -0.1) is 0 Å². The molecule has 0 fully saturated rings. The molecule has 4 nitrogen and oxygen atoms in total. The van der Waals surface area contributed by atoms with Crippen LogP contribution in [-0.2, 0) is 0 Å². The number of hydrogen-bond donors (Lipinski definition) is 0. The molecule has 4 aromatic rings. The first-order valence-electron chi connectivity index (χ1n) is 9.37. The van der Waals surface area contributed by atoms with Crippen LogP contribution < -0.4 is 10.5 Å². The van der Waals surface area contributed by atoms with Crippen LogP contribution in [0.1, 0.15) is 11.4 Å². The van der Waals surface area contributed by atoms with Crippen LogP contribution in [0, 0.1) is 0 Å². The molecule has 0 unspecified atom stereocenters. The molecule has 1 aromatic heterocycles. The Balaban J connectivity index is 1.91. The third-order valence-corrected chi connectivity index (χ3v) is 5.41. The SMILES string of the molecule is CN(C)c1ccc(/C=C\c2nc3ccccc3c(=O)n2-c2c(Cl)cccc2Cl)cc1. The van der Waals surface area contributed by atoms with Gasteiger partial charge in [-0.1, -0.05) is 59.6 Å². The van der Waals surface area contributed by atoms with E-state index in [9.17, 15) is 4.79 Å². The highest BCUT2D eigenvalue weighted by molar-refractivity contribution is 6.37. The number of halogens is 2. The van der Waals surface area contributed by atoms with Crippen LogP contribution >= 0.6 is 23.2 Å². The molecule has 150 valence electrons. The molecule has 4 rings (SSSR count). The lowest BCUT2D eigenvalue weighted by molar-refractivity contribution is 0.944. The maximum atomic E-state index is 13.4. The second-order valence-corrected chi connectivity index (χ2v) is 7.83. The summed E-state index contributed by atoms with van der Waals surface area (Å²) in [5.41, 5.74) is 2.91. The zero-order chi connectivity index (χ0) is 21.3. The molecule has 30 heavy (non-hydrogen) atoms. The minimum absolute atomic E-state index is 0.224. The van der Waals surface area contributed by atoms with E-state index in [0.29, 0.717) is 32.5 Å². The van der Waals surface area contributed by atoms with Crippen molar-refractivity contribution in [2.45, 2.75) is 0 Å². The molecule has 0 bridgehead atoms. The molecule has 0 aliphatic carbocycles. The van der Waals surface area contributed by atoms with Crippen LogP contribution in [0.3, 0.4) is 0 Å². The maximum Gasteiger partial charge on any atom is 0.266 e. The zero-order valence-corrected chi connectivity index (χ0v) is 18.0. The fraction of sp³-hybridized carbons (Fsp3) is 0.0833. The first-order valence-corrected chi connectivity index (χ1v) is 10.1. The number of fused-ring (bicyclic) bond motifs is 1. The zero-order valence-electron chi connectivity index (χ0n) is 16.5. The highest BCUT2D eigenvalue weighted by Gasteiger charge is 2.16. The van der Waals surface area contributed by atoms with Crippen LogP contribution in [0.4, 0.5) is 5.69 Å². The Hall–Kier alpha value is -3.08. The standard InChI is InChI=1S/C24H19Cl2N3O/c1-28(2)17-13-10-16(11-14-17)12-15-22-27-21-9-4-3-6-18(21)24(30)29(22)23-19(25)7-5-8-20(23)26/h3-15H,1-2H3/b15-12-. The van der Waals surface area contributed by atoms with Gasteiger partial charge in [0, 0.05) is 19.8 Å². The van der Waals surface area contributed by atoms with Crippen molar-refractivity contribution in [3.63, 3.8) is 0 Å². The van der Waals surface area contributed by atoms with Gasteiger partial charge in [0.25, 0.3) is 5.56 Å². The summed E-state index contributed by atoms with van der Waals surface area (Å²) in [6.07, 6.45) is 3.72. The molecule has 0 atom stereocenters. The molecule has 0 amide bonds. The first kappa shape index (κ1) is 20.2.